The Kier molecular flexibility index (Phi) is 4.61. The SMILES string of the molecule is CC1CC(C=O)CC(C)N1CC1CCCCC1. The molecule has 0 N–H and O–H groups in total. The molecule has 2 nitrogen and oxygen atoms in total. The van der Waals surface area contributed by atoms with Crippen LogP contribution >= 0.6 is 0 Å². The second-order valence-corrected chi connectivity index (χ2v) is 6.27. The van der Waals surface area contributed by atoms with Crippen LogP contribution in [0.3, 0.4) is 0 Å². The molecule has 1 saturated heterocycles. The van der Waals surface area contributed by atoms with E-state index < -0.39 is 0 Å². The molecule has 1 aliphatic carbocycles. The molecule has 2 unspecified atom stereocenters. The van der Waals surface area contributed by atoms with Crippen molar-refractivity contribution in [1.29, 1.82) is 0 Å². The van der Waals surface area contributed by atoms with Crippen molar-refractivity contribution < 1.29 is 4.79 Å². The highest BCUT2D eigenvalue weighted by Crippen LogP contribution is 2.31. The molecule has 2 aliphatic rings. The largest absolute Gasteiger partial charge is 0.303 e. The van der Waals surface area contributed by atoms with E-state index >= 15 is 0 Å². The van der Waals surface area contributed by atoms with E-state index in [4.69, 9.17) is 0 Å². The van der Waals surface area contributed by atoms with Crippen molar-refractivity contribution in [1.82, 2.24) is 4.90 Å². The van der Waals surface area contributed by atoms with E-state index in [1.807, 2.05) is 0 Å². The summed E-state index contributed by atoms with van der Waals surface area (Å²) in [6, 6.07) is 1.19. The van der Waals surface area contributed by atoms with Crippen molar-refractivity contribution in [3.8, 4) is 0 Å². The molecule has 0 aromatic carbocycles. The number of piperidine rings is 1. The number of hydrogen-bond acceptors (Lipinski definition) is 2. The smallest absolute Gasteiger partial charge is 0.123 e. The molecule has 0 aromatic rings. The Morgan fingerprint density at radius 2 is 1.65 bits per heavy atom. The van der Waals surface area contributed by atoms with Gasteiger partial charge in [0.05, 0.1) is 0 Å². The zero-order chi connectivity index (χ0) is 12.3. The van der Waals surface area contributed by atoms with Crippen LogP contribution in [0.4, 0.5) is 0 Å². The minimum absolute atomic E-state index is 0.308. The number of nitrogens with zero attached hydrogens (tertiary/aromatic N) is 1. The second kappa shape index (κ2) is 5.99. The minimum atomic E-state index is 0.308. The van der Waals surface area contributed by atoms with Gasteiger partial charge in [-0.1, -0.05) is 19.3 Å². The standard InChI is InChI=1S/C15H27NO/c1-12-8-15(11-17)9-13(2)16(12)10-14-6-4-3-5-7-14/h11-15H,3-10H2,1-2H3. The fourth-order valence-electron chi connectivity index (χ4n) is 3.82. The van der Waals surface area contributed by atoms with Gasteiger partial charge < -0.3 is 4.79 Å². The Morgan fingerprint density at radius 3 is 2.18 bits per heavy atom. The van der Waals surface area contributed by atoms with E-state index in [0.717, 1.165) is 18.8 Å². The summed E-state index contributed by atoms with van der Waals surface area (Å²) < 4.78 is 0. The maximum Gasteiger partial charge on any atom is 0.123 e. The van der Waals surface area contributed by atoms with Gasteiger partial charge in [0.1, 0.15) is 6.29 Å². The topological polar surface area (TPSA) is 20.3 Å². The number of carbonyl (C=O) groups is 1. The Morgan fingerprint density at radius 1 is 1.06 bits per heavy atom. The quantitative estimate of drug-likeness (QED) is 0.702. The maximum absolute atomic E-state index is 10.9. The van der Waals surface area contributed by atoms with Crippen LogP contribution < -0.4 is 0 Å². The van der Waals surface area contributed by atoms with E-state index in [1.165, 1.54) is 44.9 Å². The van der Waals surface area contributed by atoms with E-state index in [2.05, 4.69) is 18.7 Å². The van der Waals surface area contributed by atoms with Gasteiger partial charge >= 0.3 is 0 Å². The van der Waals surface area contributed by atoms with Crippen LogP contribution in [0.1, 0.15) is 58.8 Å². The number of carbonyl (C=O) groups excluding carboxylic acids is 1. The Balaban J connectivity index is 1.88. The zero-order valence-electron chi connectivity index (χ0n) is 11.4. The third-order valence-corrected chi connectivity index (χ3v) is 4.81. The predicted molar refractivity (Wildman–Crippen MR) is 71.0 cm³/mol. The summed E-state index contributed by atoms with van der Waals surface area (Å²) in [4.78, 5) is 13.6. The molecular weight excluding hydrogens is 210 g/mol. The van der Waals surface area contributed by atoms with Gasteiger partial charge in [-0.25, -0.2) is 0 Å². The van der Waals surface area contributed by atoms with Crippen molar-refractivity contribution in [3.05, 3.63) is 0 Å². The first-order valence-electron chi connectivity index (χ1n) is 7.41. The molecule has 0 bridgehead atoms. The van der Waals surface area contributed by atoms with Gasteiger partial charge in [0, 0.05) is 24.5 Å². The molecule has 2 rings (SSSR count). The molecule has 0 radical (unpaired) electrons. The predicted octanol–water partition coefficient (Wildman–Crippen LogP) is 3.25. The number of rotatable bonds is 3. The van der Waals surface area contributed by atoms with Crippen LogP contribution in [-0.4, -0.2) is 29.8 Å². The summed E-state index contributed by atoms with van der Waals surface area (Å²) in [6.45, 7) is 5.87. The van der Waals surface area contributed by atoms with Crippen LogP contribution in [0.15, 0.2) is 0 Å². The molecular formula is C15H27NO. The molecule has 98 valence electrons. The Bertz CT molecular complexity index is 235. The molecule has 17 heavy (non-hydrogen) atoms. The normalized spacial score (nSPS) is 36.9. The molecule has 2 fully saturated rings. The summed E-state index contributed by atoms with van der Waals surface area (Å²) in [7, 11) is 0. The number of likely N-dealkylation sites (tertiary alicyclic amines) is 1. The molecule has 2 atom stereocenters. The first kappa shape index (κ1) is 13.1. The maximum atomic E-state index is 10.9. The van der Waals surface area contributed by atoms with E-state index in [-0.39, 0.29) is 0 Å². The Hall–Kier alpha value is -0.370. The van der Waals surface area contributed by atoms with Crippen LogP contribution in [0.5, 0.6) is 0 Å². The third-order valence-electron chi connectivity index (χ3n) is 4.81. The highest BCUT2D eigenvalue weighted by molar-refractivity contribution is 5.53. The second-order valence-electron chi connectivity index (χ2n) is 6.27. The lowest BCUT2D eigenvalue weighted by atomic mass is 9.84. The van der Waals surface area contributed by atoms with Gasteiger partial charge in [0.2, 0.25) is 0 Å². The fraction of sp³-hybridized carbons (Fsp3) is 0.933. The summed E-state index contributed by atoms with van der Waals surface area (Å²) in [5.74, 6) is 1.23. The molecule has 0 spiro atoms. The van der Waals surface area contributed by atoms with E-state index in [1.54, 1.807) is 0 Å². The highest BCUT2D eigenvalue weighted by atomic mass is 16.1. The lowest BCUT2D eigenvalue weighted by molar-refractivity contribution is -0.113. The van der Waals surface area contributed by atoms with Crippen molar-refractivity contribution in [2.24, 2.45) is 11.8 Å². The van der Waals surface area contributed by atoms with Crippen LogP contribution in [0, 0.1) is 11.8 Å². The average Bonchev–Trinajstić information content (AvgIpc) is 2.35. The van der Waals surface area contributed by atoms with E-state index in [9.17, 15) is 4.79 Å². The summed E-state index contributed by atoms with van der Waals surface area (Å²) in [5.41, 5.74) is 0. The van der Waals surface area contributed by atoms with Crippen LogP contribution in [-0.2, 0) is 4.79 Å². The van der Waals surface area contributed by atoms with Gasteiger partial charge in [-0.3, -0.25) is 4.90 Å². The van der Waals surface area contributed by atoms with E-state index in [0.29, 0.717) is 18.0 Å². The van der Waals surface area contributed by atoms with Gasteiger partial charge in [-0.2, -0.15) is 0 Å². The van der Waals surface area contributed by atoms with Crippen molar-refractivity contribution >= 4 is 6.29 Å². The van der Waals surface area contributed by atoms with Gasteiger partial charge in [0.25, 0.3) is 0 Å². The van der Waals surface area contributed by atoms with Crippen molar-refractivity contribution in [3.63, 3.8) is 0 Å². The summed E-state index contributed by atoms with van der Waals surface area (Å²) in [6.07, 6.45) is 10.5. The minimum Gasteiger partial charge on any atom is -0.303 e. The molecule has 1 aliphatic heterocycles. The lowest BCUT2D eigenvalue weighted by Gasteiger charge is -2.43. The van der Waals surface area contributed by atoms with Crippen molar-refractivity contribution in [2.75, 3.05) is 6.54 Å². The summed E-state index contributed by atoms with van der Waals surface area (Å²) in [5, 5.41) is 0. The van der Waals surface area contributed by atoms with Crippen LogP contribution in [0.25, 0.3) is 0 Å². The first-order chi connectivity index (χ1) is 8.20. The Labute approximate surface area is 106 Å². The van der Waals surface area contributed by atoms with Crippen molar-refractivity contribution in [2.45, 2.75) is 70.9 Å². The molecule has 2 heteroatoms. The van der Waals surface area contributed by atoms with Gasteiger partial charge in [-0.05, 0) is 45.4 Å². The highest BCUT2D eigenvalue weighted by Gasteiger charge is 2.32. The lowest BCUT2D eigenvalue weighted by Crippen LogP contribution is -2.49. The molecule has 0 aromatic heterocycles. The number of aldehydes is 1. The molecule has 1 saturated carbocycles. The number of hydrogen-bond donors (Lipinski definition) is 0. The van der Waals surface area contributed by atoms with Gasteiger partial charge in [-0.15, -0.1) is 0 Å². The van der Waals surface area contributed by atoms with Gasteiger partial charge in [0.15, 0.2) is 0 Å². The third kappa shape index (κ3) is 3.31. The first-order valence-corrected chi connectivity index (χ1v) is 7.41. The summed E-state index contributed by atoms with van der Waals surface area (Å²) >= 11 is 0. The molecule has 0 amide bonds. The fourth-order valence-corrected chi connectivity index (χ4v) is 3.82. The van der Waals surface area contributed by atoms with Crippen LogP contribution in [0.2, 0.25) is 0 Å². The average molecular weight is 237 g/mol. The zero-order valence-corrected chi connectivity index (χ0v) is 11.4. The monoisotopic (exact) mass is 237 g/mol. The molecule has 1 heterocycles.